The monoisotopic (exact) mass is 157 g/mol. The summed E-state index contributed by atoms with van der Waals surface area (Å²) in [5.74, 6) is 0. The van der Waals surface area contributed by atoms with Crippen LogP contribution in [-0.4, -0.2) is 43.8 Å². The second-order valence-electron chi connectivity index (χ2n) is 5.07. The van der Waals surface area contributed by atoms with Crippen molar-refractivity contribution in [3.63, 3.8) is 0 Å². The highest BCUT2D eigenvalue weighted by atomic mass is 15.7. The molecule has 1 heterocycles. The van der Waals surface area contributed by atoms with Gasteiger partial charge >= 0.3 is 0 Å². The normalized spacial score (nSPS) is 30.3. The van der Waals surface area contributed by atoms with Gasteiger partial charge in [0.15, 0.2) is 0 Å². The van der Waals surface area contributed by atoms with Crippen LogP contribution in [0.15, 0.2) is 0 Å². The fraction of sp³-hybridized carbons (Fsp3) is 1.00. The standard InChI is InChI=1S/C9H21N2/c1-9(2)6-7-11(4,5)10(3)8-9/h6-8H2,1-5H3/q+1. The van der Waals surface area contributed by atoms with Crippen molar-refractivity contribution in [3.05, 3.63) is 0 Å². The quantitative estimate of drug-likeness (QED) is 0.480. The molecule has 0 unspecified atom stereocenters. The Kier molecular flexibility index (Phi) is 2.01. The molecule has 1 fully saturated rings. The predicted molar refractivity (Wildman–Crippen MR) is 48.0 cm³/mol. The summed E-state index contributed by atoms with van der Waals surface area (Å²) in [6, 6.07) is 0. The van der Waals surface area contributed by atoms with Gasteiger partial charge in [-0.25, -0.2) is 4.59 Å². The van der Waals surface area contributed by atoms with E-state index in [9.17, 15) is 0 Å². The molecular formula is C9H21N2+. The Balaban J connectivity index is 2.63. The molecule has 2 heteroatoms. The van der Waals surface area contributed by atoms with Crippen LogP contribution in [0, 0.1) is 5.41 Å². The summed E-state index contributed by atoms with van der Waals surface area (Å²) >= 11 is 0. The Labute approximate surface area is 70.4 Å². The Morgan fingerprint density at radius 1 is 1.27 bits per heavy atom. The first kappa shape index (κ1) is 9.01. The van der Waals surface area contributed by atoms with Gasteiger partial charge in [-0.15, -0.1) is 0 Å². The van der Waals surface area contributed by atoms with Crippen molar-refractivity contribution in [2.45, 2.75) is 20.3 Å². The number of rotatable bonds is 0. The molecule has 0 amide bonds. The van der Waals surface area contributed by atoms with Gasteiger partial charge < -0.3 is 0 Å². The SMILES string of the molecule is CN1CC(C)(C)CC[N+]1(C)C. The number of hydrogen-bond donors (Lipinski definition) is 0. The molecule has 0 aromatic rings. The van der Waals surface area contributed by atoms with E-state index in [2.05, 4.69) is 40.0 Å². The molecule has 1 aliphatic heterocycles. The molecule has 0 bridgehead atoms. The van der Waals surface area contributed by atoms with Crippen molar-refractivity contribution in [3.8, 4) is 0 Å². The van der Waals surface area contributed by atoms with Crippen LogP contribution in [0.3, 0.4) is 0 Å². The first-order valence-corrected chi connectivity index (χ1v) is 4.38. The zero-order valence-corrected chi connectivity index (χ0v) is 8.52. The van der Waals surface area contributed by atoms with Crippen molar-refractivity contribution in [1.82, 2.24) is 5.01 Å². The Hall–Kier alpha value is -0.0800. The van der Waals surface area contributed by atoms with Gasteiger partial charge in [-0.3, -0.25) is 0 Å². The third kappa shape index (κ3) is 1.94. The average molecular weight is 157 g/mol. The van der Waals surface area contributed by atoms with Crippen molar-refractivity contribution in [2.24, 2.45) is 5.41 Å². The minimum absolute atomic E-state index is 0.516. The summed E-state index contributed by atoms with van der Waals surface area (Å²) in [5.41, 5.74) is 0.516. The summed E-state index contributed by atoms with van der Waals surface area (Å²) in [6.07, 6.45) is 1.34. The van der Waals surface area contributed by atoms with E-state index in [0.29, 0.717) is 5.41 Å². The van der Waals surface area contributed by atoms with E-state index in [1.807, 2.05) is 0 Å². The van der Waals surface area contributed by atoms with E-state index in [1.54, 1.807) is 0 Å². The molecule has 1 aliphatic rings. The van der Waals surface area contributed by atoms with E-state index in [0.717, 1.165) is 4.59 Å². The fourth-order valence-corrected chi connectivity index (χ4v) is 1.64. The molecule has 0 radical (unpaired) electrons. The third-order valence-corrected chi connectivity index (χ3v) is 2.92. The lowest BCUT2D eigenvalue weighted by molar-refractivity contribution is -1.01. The van der Waals surface area contributed by atoms with Crippen LogP contribution < -0.4 is 0 Å². The van der Waals surface area contributed by atoms with Gasteiger partial charge in [0.2, 0.25) is 0 Å². The smallest absolute Gasteiger partial charge is 0.0965 e. The lowest BCUT2D eigenvalue weighted by Crippen LogP contribution is -2.60. The molecule has 0 spiro atoms. The molecule has 66 valence electrons. The van der Waals surface area contributed by atoms with Gasteiger partial charge in [-0.05, 0) is 5.41 Å². The van der Waals surface area contributed by atoms with E-state index in [4.69, 9.17) is 0 Å². The molecule has 11 heavy (non-hydrogen) atoms. The minimum atomic E-state index is 0.516. The molecule has 0 aromatic heterocycles. The average Bonchev–Trinajstić information content (AvgIpc) is 1.81. The third-order valence-electron chi connectivity index (χ3n) is 2.92. The van der Waals surface area contributed by atoms with Gasteiger partial charge in [0.05, 0.1) is 27.2 Å². The summed E-state index contributed by atoms with van der Waals surface area (Å²) < 4.78 is 1.05. The maximum atomic E-state index is 2.42. The highest BCUT2D eigenvalue weighted by Crippen LogP contribution is 2.29. The minimum Gasteiger partial charge on any atom is -0.248 e. The fourth-order valence-electron chi connectivity index (χ4n) is 1.64. The second-order valence-corrected chi connectivity index (χ2v) is 5.07. The molecular weight excluding hydrogens is 136 g/mol. The zero-order chi connectivity index (χ0) is 8.70. The maximum Gasteiger partial charge on any atom is 0.0965 e. The molecule has 2 nitrogen and oxygen atoms in total. The zero-order valence-electron chi connectivity index (χ0n) is 8.52. The van der Waals surface area contributed by atoms with Gasteiger partial charge in [0.25, 0.3) is 0 Å². The Morgan fingerprint density at radius 3 is 2.18 bits per heavy atom. The van der Waals surface area contributed by atoms with Crippen molar-refractivity contribution < 1.29 is 4.59 Å². The number of quaternary nitrogens is 1. The van der Waals surface area contributed by atoms with E-state index < -0.39 is 0 Å². The van der Waals surface area contributed by atoms with Crippen LogP contribution in [-0.2, 0) is 0 Å². The summed E-state index contributed by atoms with van der Waals surface area (Å²) in [4.78, 5) is 0. The topological polar surface area (TPSA) is 3.24 Å². The molecule has 0 aromatic carbocycles. The van der Waals surface area contributed by atoms with Crippen LogP contribution in [0.25, 0.3) is 0 Å². The molecule has 0 N–H and O–H groups in total. The van der Waals surface area contributed by atoms with Crippen molar-refractivity contribution >= 4 is 0 Å². The lowest BCUT2D eigenvalue weighted by Gasteiger charge is -2.47. The summed E-state index contributed by atoms with van der Waals surface area (Å²) in [6.45, 7) is 7.18. The Bertz CT molecular complexity index is 150. The molecule has 1 rings (SSSR count). The highest BCUT2D eigenvalue weighted by Gasteiger charge is 2.35. The van der Waals surface area contributed by atoms with Crippen molar-refractivity contribution in [2.75, 3.05) is 34.2 Å². The summed E-state index contributed by atoms with van der Waals surface area (Å²) in [5, 5.41) is 2.42. The van der Waals surface area contributed by atoms with Crippen LogP contribution >= 0.6 is 0 Å². The molecule has 0 aliphatic carbocycles. The molecule has 0 atom stereocenters. The predicted octanol–water partition coefficient (Wildman–Crippen LogP) is 1.34. The van der Waals surface area contributed by atoms with Gasteiger partial charge in [-0.2, -0.15) is 5.01 Å². The molecule has 0 saturated carbocycles. The van der Waals surface area contributed by atoms with Crippen LogP contribution in [0.5, 0.6) is 0 Å². The van der Waals surface area contributed by atoms with Gasteiger partial charge in [0, 0.05) is 13.5 Å². The summed E-state index contributed by atoms with van der Waals surface area (Å²) in [7, 11) is 6.76. The Morgan fingerprint density at radius 2 is 1.82 bits per heavy atom. The van der Waals surface area contributed by atoms with Crippen LogP contribution in [0.4, 0.5) is 0 Å². The maximum absolute atomic E-state index is 2.42. The first-order chi connectivity index (χ1) is 4.83. The van der Waals surface area contributed by atoms with Crippen LogP contribution in [0.1, 0.15) is 20.3 Å². The first-order valence-electron chi connectivity index (χ1n) is 4.38. The van der Waals surface area contributed by atoms with Crippen LogP contribution in [0.2, 0.25) is 0 Å². The van der Waals surface area contributed by atoms with Crippen molar-refractivity contribution in [1.29, 1.82) is 0 Å². The second kappa shape index (κ2) is 2.46. The van der Waals surface area contributed by atoms with E-state index >= 15 is 0 Å². The van der Waals surface area contributed by atoms with Gasteiger partial charge in [-0.1, -0.05) is 13.8 Å². The lowest BCUT2D eigenvalue weighted by atomic mass is 9.87. The number of nitrogens with zero attached hydrogens (tertiary/aromatic N) is 2. The van der Waals surface area contributed by atoms with E-state index in [-0.39, 0.29) is 0 Å². The molecule has 1 saturated heterocycles. The largest absolute Gasteiger partial charge is 0.248 e. The highest BCUT2D eigenvalue weighted by molar-refractivity contribution is 4.72. The van der Waals surface area contributed by atoms with Gasteiger partial charge in [0.1, 0.15) is 0 Å². The van der Waals surface area contributed by atoms with E-state index in [1.165, 1.54) is 19.5 Å². The number of hydrogen-bond acceptors (Lipinski definition) is 1.